The van der Waals surface area contributed by atoms with Crippen molar-refractivity contribution in [2.24, 2.45) is 29.6 Å². The third kappa shape index (κ3) is 12.2. The van der Waals surface area contributed by atoms with E-state index in [9.17, 15) is 0 Å². The molecule has 0 spiro atoms. The minimum Gasteiger partial charge on any atom is -0.501 e. The molecule has 0 amide bonds. The first-order valence-electron chi connectivity index (χ1n) is 11.8. The summed E-state index contributed by atoms with van der Waals surface area (Å²) >= 11 is 0. The van der Waals surface area contributed by atoms with Crippen molar-refractivity contribution in [2.45, 2.75) is 99.3 Å². The van der Waals surface area contributed by atoms with E-state index in [0.29, 0.717) is 5.92 Å². The standard InChI is InChI=1S/C9H18.C8H16O.C8H14O.B/c1-8(2)9-6-4-3-5-7-9;1-7(2)8-3-5-9-6-4-8;1-7(2)8-4-3-5-9-6-8;/h8-9H,3-7H2,1-2H3;7-8H,3-6H2,1-2H3;6-7H,3-5H2,1-2H3;. The molecule has 1 aliphatic carbocycles. The second-order valence-corrected chi connectivity index (χ2v) is 9.66. The molecule has 0 unspecified atom stereocenters. The van der Waals surface area contributed by atoms with Crippen molar-refractivity contribution in [2.75, 3.05) is 19.8 Å². The highest BCUT2D eigenvalue weighted by molar-refractivity contribution is 5.75. The monoisotopic (exact) mass is 391 g/mol. The highest BCUT2D eigenvalue weighted by Gasteiger charge is 2.16. The Morgan fingerprint density at radius 2 is 1.25 bits per heavy atom. The summed E-state index contributed by atoms with van der Waals surface area (Å²) in [6, 6.07) is 0. The fourth-order valence-electron chi connectivity index (χ4n) is 4.19. The Morgan fingerprint density at radius 3 is 1.57 bits per heavy atom. The lowest BCUT2D eigenvalue weighted by Gasteiger charge is -2.24. The van der Waals surface area contributed by atoms with Gasteiger partial charge in [-0.1, -0.05) is 73.6 Å². The Labute approximate surface area is 178 Å². The van der Waals surface area contributed by atoms with Crippen LogP contribution < -0.4 is 0 Å². The van der Waals surface area contributed by atoms with E-state index in [4.69, 9.17) is 9.47 Å². The number of hydrogen-bond donors (Lipinski definition) is 0. The maximum absolute atomic E-state index is 5.25. The second kappa shape index (κ2) is 16.4. The second-order valence-electron chi connectivity index (χ2n) is 9.66. The molecule has 0 bridgehead atoms. The summed E-state index contributed by atoms with van der Waals surface area (Å²) in [5.74, 6) is 4.45. The van der Waals surface area contributed by atoms with Crippen molar-refractivity contribution >= 4 is 8.41 Å². The summed E-state index contributed by atoms with van der Waals surface area (Å²) in [5.41, 5.74) is 1.46. The van der Waals surface area contributed by atoms with Crippen LogP contribution in [0, 0.1) is 29.6 Å². The van der Waals surface area contributed by atoms with Gasteiger partial charge in [0.05, 0.1) is 12.9 Å². The van der Waals surface area contributed by atoms with E-state index in [-0.39, 0.29) is 8.41 Å². The third-order valence-corrected chi connectivity index (χ3v) is 6.51. The van der Waals surface area contributed by atoms with Crippen molar-refractivity contribution in [1.82, 2.24) is 0 Å². The summed E-state index contributed by atoms with van der Waals surface area (Å²) in [6.07, 6.45) is 14.4. The summed E-state index contributed by atoms with van der Waals surface area (Å²) in [4.78, 5) is 0. The van der Waals surface area contributed by atoms with Gasteiger partial charge in [-0.25, -0.2) is 0 Å². The van der Waals surface area contributed by atoms with Crippen LogP contribution >= 0.6 is 0 Å². The zero-order chi connectivity index (χ0) is 20.1. The van der Waals surface area contributed by atoms with Gasteiger partial charge in [-0.2, -0.15) is 0 Å². The molecule has 2 nitrogen and oxygen atoms in total. The maximum atomic E-state index is 5.25. The lowest BCUT2D eigenvalue weighted by molar-refractivity contribution is 0.0523. The van der Waals surface area contributed by atoms with Crippen LogP contribution in [0.3, 0.4) is 0 Å². The predicted molar refractivity (Wildman–Crippen MR) is 124 cm³/mol. The van der Waals surface area contributed by atoms with Crippen molar-refractivity contribution < 1.29 is 9.47 Å². The lowest BCUT2D eigenvalue weighted by Crippen LogP contribution is -2.19. The van der Waals surface area contributed by atoms with Crippen molar-refractivity contribution in [1.29, 1.82) is 0 Å². The van der Waals surface area contributed by atoms with Gasteiger partial charge in [-0.15, -0.1) is 0 Å². The molecule has 0 aromatic heterocycles. The maximum Gasteiger partial charge on any atom is 0.0876 e. The van der Waals surface area contributed by atoms with E-state index in [1.807, 2.05) is 6.26 Å². The average molecular weight is 391 g/mol. The number of allylic oxidation sites excluding steroid dienone is 1. The Bertz CT molecular complexity index is 356. The SMILES string of the molecule is CC(C)C1=COCCC1.CC(C)C1CCCCC1.CC(C)C1CCOCC1.[B]. The van der Waals surface area contributed by atoms with Crippen LogP contribution in [0.25, 0.3) is 0 Å². The molecule has 3 radical (unpaired) electrons. The lowest BCUT2D eigenvalue weighted by atomic mass is 9.82. The molecule has 3 rings (SSSR count). The van der Waals surface area contributed by atoms with Gasteiger partial charge < -0.3 is 9.47 Å². The van der Waals surface area contributed by atoms with E-state index < -0.39 is 0 Å². The Morgan fingerprint density at radius 1 is 0.714 bits per heavy atom. The minimum absolute atomic E-state index is 0. The number of ether oxygens (including phenoxy) is 2. The van der Waals surface area contributed by atoms with E-state index in [0.717, 1.165) is 43.5 Å². The molecule has 2 fully saturated rings. The van der Waals surface area contributed by atoms with Crippen LogP contribution in [0.1, 0.15) is 99.3 Å². The Kier molecular flexibility index (Phi) is 16.1. The quantitative estimate of drug-likeness (QED) is 0.472. The summed E-state index contributed by atoms with van der Waals surface area (Å²) in [5, 5.41) is 0. The van der Waals surface area contributed by atoms with Crippen molar-refractivity contribution in [3.63, 3.8) is 0 Å². The van der Waals surface area contributed by atoms with Crippen molar-refractivity contribution in [3.05, 3.63) is 11.8 Å². The molecule has 3 heteroatoms. The zero-order valence-corrected chi connectivity index (χ0v) is 19.8. The smallest absolute Gasteiger partial charge is 0.0876 e. The summed E-state index contributed by atoms with van der Waals surface area (Å²) in [7, 11) is 0. The van der Waals surface area contributed by atoms with Gasteiger partial charge in [0.2, 0.25) is 0 Å². The first kappa shape index (κ1) is 27.6. The first-order chi connectivity index (χ1) is 12.9. The van der Waals surface area contributed by atoms with E-state index >= 15 is 0 Å². The van der Waals surface area contributed by atoms with Crippen molar-refractivity contribution in [3.8, 4) is 0 Å². The van der Waals surface area contributed by atoms with Crippen LogP contribution in [-0.2, 0) is 9.47 Å². The highest BCUT2D eigenvalue weighted by atomic mass is 16.5. The van der Waals surface area contributed by atoms with E-state index in [1.54, 1.807) is 0 Å². The van der Waals surface area contributed by atoms with Gasteiger partial charge in [-0.3, -0.25) is 0 Å². The molecule has 2 heterocycles. The van der Waals surface area contributed by atoms with E-state index in [2.05, 4.69) is 41.5 Å². The van der Waals surface area contributed by atoms with Gasteiger partial charge in [0.15, 0.2) is 0 Å². The number of hydrogen-bond acceptors (Lipinski definition) is 2. The predicted octanol–water partition coefficient (Wildman–Crippen LogP) is 7.25. The molecule has 0 aromatic carbocycles. The normalized spacial score (nSPS) is 21.0. The molecule has 3 aliphatic rings. The Balaban J connectivity index is 0.000000384. The molecule has 163 valence electrons. The zero-order valence-electron chi connectivity index (χ0n) is 19.8. The molecule has 0 aromatic rings. The van der Waals surface area contributed by atoms with Gasteiger partial charge in [0.25, 0.3) is 0 Å². The average Bonchev–Trinajstić information content (AvgIpc) is 2.71. The van der Waals surface area contributed by atoms with Crippen LogP contribution in [-0.4, -0.2) is 28.2 Å². The van der Waals surface area contributed by atoms with Crippen LogP contribution in [0.15, 0.2) is 11.8 Å². The van der Waals surface area contributed by atoms with Gasteiger partial charge in [-0.05, 0) is 60.8 Å². The topological polar surface area (TPSA) is 18.5 Å². The fourth-order valence-corrected chi connectivity index (χ4v) is 4.19. The highest BCUT2D eigenvalue weighted by Crippen LogP contribution is 2.29. The van der Waals surface area contributed by atoms with Crippen LogP contribution in [0.2, 0.25) is 0 Å². The summed E-state index contributed by atoms with van der Waals surface area (Å²) < 4.78 is 10.4. The molecule has 1 saturated heterocycles. The van der Waals surface area contributed by atoms with Gasteiger partial charge in [0, 0.05) is 21.6 Å². The number of rotatable bonds is 3. The summed E-state index contributed by atoms with van der Waals surface area (Å²) in [6.45, 7) is 16.6. The minimum atomic E-state index is 0. The third-order valence-electron chi connectivity index (χ3n) is 6.51. The molecule has 1 saturated carbocycles. The van der Waals surface area contributed by atoms with Gasteiger partial charge >= 0.3 is 0 Å². The molecule has 0 N–H and O–H groups in total. The van der Waals surface area contributed by atoms with E-state index in [1.165, 1.54) is 63.4 Å². The van der Waals surface area contributed by atoms with Crippen LogP contribution in [0.4, 0.5) is 0 Å². The van der Waals surface area contributed by atoms with Crippen LogP contribution in [0.5, 0.6) is 0 Å². The largest absolute Gasteiger partial charge is 0.501 e. The molecular formula is C25H48BO2. The first-order valence-corrected chi connectivity index (χ1v) is 11.8. The molecule has 0 atom stereocenters. The van der Waals surface area contributed by atoms with Gasteiger partial charge in [0.1, 0.15) is 0 Å². The fraction of sp³-hybridized carbons (Fsp3) is 0.920. The molecule has 28 heavy (non-hydrogen) atoms. The Hall–Kier alpha value is -0.435. The molecular weight excluding hydrogens is 343 g/mol. The molecule has 2 aliphatic heterocycles.